The molecule has 2 nitrogen and oxygen atoms in total. The molecule has 1 saturated carbocycles. The van der Waals surface area contributed by atoms with Crippen molar-refractivity contribution in [2.45, 2.75) is 38.8 Å². The van der Waals surface area contributed by atoms with Crippen LogP contribution in [-0.4, -0.2) is 4.98 Å². The van der Waals surface area contributed by atoms with Crippen molar-refractivity contribution in [1.29, 1.82) is 0 Å². The molecule has 0 saturated heterocycles. The molecule has 0 unspecified atom stereocenters. The second-order valence-electron chi connectivity index (χ2n) is 5.00. The van der Waals surface area contributed by atoms with Crippen LogP contribution in [0.2, 0.25) is 0 Å². The standard InChI is InChI=1S/C15H18N2S/c1-11-10-18-15(17-11)9-16-8-12-2-4-13(5-3-12)14-6-7-14/h2-5,10,14,16H,6-9H2,1H3. The Bertz CT molecular complexity index is 512. The smallest absolute Gasteiger partial charge is 0.107 e. The van der Waals surface area contributed by atoms with Crippen molar-refractivity contribution in [2.24, 2.45) is 0 Å². The van der Waals surface area contributed by atoms with Crippen LogP contribution in [0.25, 0.3) is 0 Å². The number of rotatable bonds is 5. The van der Waals surface area contributed by atoms with Crippen LogP contribution in [-0.2, 0) is 13.1 Å². The molecule has 0 atom stereocenters. The summed E-state index contributed by atoms with van der Waals surface area (Å²) in [5.41, 5.74) is 3.98. The number of hydrogen-bond acceptors (Lipinski definition) is 3. The summed E-state index contributed by atoms with van der Waals surface area (Å²) < 4.78 is 0. The number of aryl methyl sites for hydroxylation is 1. The van der Waals surface area contributed by atoms with Crippen LogP contribution in [0.4, 0.5) is 0 Å². The van der Waals surface area contributed by atoms with Crippen LogP contribution in [0.5, 0.6) is 0 Å². The molecule has 0 radical (unpaired) electrons. The lowest BCUT2D eigenvalue weighted by Crippen LogP contribution is -2.12. The Balaban J connectivity index is 1.50. The van der Waals surface area contributed by atoms with Crippen molar-refractivity contribution in [3.8, 4) is 0 Å². The normalized spacial score (nSPS) is 14.9. The number of nitrogens with zero attached hydrogens (tertiary/aromatic N) is 1. The monoisotopic (exact) mass is 258 g/mol. The van der Waals surface area contributed by atoms with Crippen LogP contribution < -0.4 is 5.32 Å². The molecule has 1 aliphatic carbocycles. The highest BCUT2D eigenvalue weighted by atomic mass is 32.1. The van der Waals surface area contributed by atoms with E-state index in [4.69, 9.17) is 0 Å². The second-order valence-corrected chi connectivity index (χ2v) is 5.94. The van der Waals surface area contributed by atoms with Crippen molar-refractivity contribution < 1.29 is 0 Å². The van der Waals surface area contributed by atoms with Crippen molar-refractivity contribution in [2.75, 3.05) is 0 Å². The molecule has 94 valence electrons. The first kappa shape index (κ1) is 11.9. The zero-order valence-corrected chi connectivity index (χ0v) is 11.5. The Hall–Kier alpha value is -1.19. The van der Waals surface area contributed by atoms with Gasteiger partial charge >= 0.3 is 0 Å². The molecule has 0 aliphatic heterocycles. The minimum atomic E-state index is 0.852. The van der Waals surface area contributed by atoms with Crippen molar-refractivity contribution in [3.63, 3.8) is 0 Å². The molecule has 1 aromatic carbocycles. The lowest BCUT2D eigenvalue weighted by molar-refractivity contribution is 0.688. The third-order valence-electron chi connectivity index (χ3n) is 3.30. The van der Waals surface area contributed by atoms with Gasteiger partial charge in [-0.05, 0) is 36.8 Å². The fourth-order valence-corrected chi connectivity index (χ4v) is 2.86. The minimum absolute atomic E-state index is 0.852. The Morgan fingerprint density at radius 3 is 2.61 bits per heavy atom. The van der Waals surface area contributed by atoms with E-state index < -0.39 is 0 Å². The van der Waals surface area contributed by atoms with Gasteiger partial charge in [0.2, 0.25) is 0 Å². The predicted octanol–water partition coefficient (Wildman–Crippen LogP) is 3.62. The number of benzene rings is 1. The maximum atomic E-state index is 4.44. The van der Waals surface area contributed by atoms with E-state index in [2.05, 4.69) is 39.9 Å². The molecule has 1 heterocycles. The Morgan fingerprint density at radius 2 is 2.00 bits per heavy atom. The molecule has 0 spiro atoms. The van der Waals surface area contributed by atoms with E-state index in [1.54, 1.807) is 11.3 Å². The largest absolute Gasteiger partial charge is 0.306 e. The third kappa shape index (κ3) is 2.98. The first-order valence-electron chi connectivity index (χ1n) is 6.52. The van der Waals surface area contributed by atoms with Gasteiger partial charge in [-0.2, -0.15) is 0 Å². The average molecular weight is 258 g/mol. The van der Waals surface area contributed by atoms with Gasteiger partial charge in [-0.25, -0.2) is 4.98 Å². The average Bonchev–Trinajstić information content (AvgIpc) is 3.15. The molecular formula is C15H18N2S. The van der Waals surface area contributed by atoms with Crippen molar-refractivity contribution in [1.82, 2.24) is 10.3 Å². The van der Waals surface area contributed by atoms with E-state index in [1.165, 1.54) is 29.0 Å². The van der Waals surface area contributed by atoms with E-state index in [-0.39, 0.29) is 0 Å². The van der Waals surface area contributed by atoms with Gasteiger partial charge in [-0.15, -0.1) is 11.3 Å². The molecule has 0 bridgehead atoms. The molecule has 1 fully saturated rings. The van der Waals surface area contributed by atoms with E-state index in [0.29, 0.717) is 0 Å². The van der Waals surface area contributed by atoms with E-state index >= 15 is 0 Å². The Morgan fingerprint density at radius 1 is 1.22 bits per heavy atom. The van der Waals surface area contributed by atoms with Crippen molar-refractivity contribution >= 4 is 11.3 Å². The maximum Gasteiger partial charge on any atom is 0.107 e. The number of hydrogen-bond donors (Lipinski definition) is 1. The summed E-state index contributed by atoms with van der Waals surface area (Å²) in [6.07, 6.45) is 2.75. The Labute approximate surface area is 112 Å². The van der Waals surface area contributed by atoms with Gasteiger partial charge in [0.25, 0.3) is 0 Å². The summed E-state index contributed by atoms with van der Waals surface area (Å²) in [7, 11) is 0. The zero-order chi connectivity index (χ0) is 12.4. The van der Waals surface area contributed by atoms with Crippen LogP contribution in [0.3, 0.4) is 0 Å². The van der Waals surface area contributed by atoms with Gasteiger partial charge in [0.05, 0.1) is 0 Å². The molecule has 18 heavy (non-hydrogen) atoms. The lowest BCUT2D eigenvalue weighted by Gasteiger charge is -2.04. The minimum Gasteiger partial charge on any atom is -0.306 e. The predicted molar refractivity (Wildman–Crippen MR) is 75.8 cm³/mol. The molecule has 2 aromatic rings. The highest BCUT2D eigenvalue weighted by molar-refractivity contribution is 7.09. The number of thiazole rings is 1. The Kier molecular flexibility index (Phi) is 3.43. The van der Waals surface area contributed by atoms with E-state index in [9.17, 15) is 0 Å². The van der Waals surface area contributed by atoms with Crippen LogP contribution in [0.1, 0.15) is 40.6 Å². The zero-order valence-electron chi connectivity index (χ0n) is 10.6. The summed E-state index contributed by atoms with van der Waals surface area (Å²) in [5.74, 6) is 0.852. The highest BCUT2D eigenvalue weighted by Crippen LogP contribution is 2.39. The molecule has 0 amide bonds. The topological polar surface area (TPSA) is 24.9 Å². The van der Waals surface area contributed by atoms with Gasteiger partial charge in [0, 0.05) is 24.2 Å². The van der Waals surface area contributed by atoms with Gasteiger partial charge in [0.15, 0.2) is 0 Å². The fraction of sp³-hybridized carbons (Fsp3) is 0.400. The SMILES string of the molecule is Cc1csc(CNCc2ccc(C3CC3)cc2)n1. The number of nitrogens with one attached hydrogen (secondary N) is 1. The molecular weight excluding hydrogens is 240 g/mol. The van der Waals surface area contributed by atoms with Gasteiger partial charge in [-0.1, -0.05) is 24.3 Å². The lowest BCUT2D eigenvalue weighted by atomic mass is 10.1. The van der Waals surface area contributed by atoms with Crippen molar-refractivity contribution in [3.05, 3.63) is 51.5 Å². The van der Waals surface area contributed by atoms with Gasteiger partial charge in [0.1, 0.15) is 5.01 Å². The van der Waals surface area contributed by atoms with Gasteiger partial charge in [-0.3, -0.25) is 0 Å². The first-order valence-corrected chi connectivity index (χ1v) is 7.40. The van der Waals surface area contributed by atoms with Crippen LogP contribution in [0.15, 0.2) is 29.6 Å². The fourth-order valence-electron chi connectivity index (χ4n) is 2.12. The summed E-state index contributed by atoms with van der Waals surface area (Å²) in [4.78, 5) is 4.44. The quantitative estimate of drug-likeness (QED) is 0.886. The van der Waals surface area contributed by atoms with E-state index in [1.807, 2.05) is 6.92 Å². The molecule has 1 N–H and O–H groups in total. The van der Waals surface area contributed by atoms with E-state index in [0.717, 1.165) is 24.7 Å². The maximum absolute atomic E-state index is 4.44. The summed E-state index contributed by atoms with van der Waals surface area (Å²) in [5, 5.41) is 6.71. The molecule has 1 aliphatic rings. The first-order chi connectivity index (χ1) is 8.81. The molecule has 1 aromatic heterocycles. The molecule has 3 rings (SSSR count). The molecule has 3 heteroatoms. The summed E-state index contributed by atoms with van der Waals surface area (Å²) >= 11 is 1.73. The van der Waals surface area contributed by atoms with Gasteiger partial charge < -0.3 is 5.32 Å². The highest BCUT2D eigenvalue weighted by Gasteiger charge is 2.22. The second kappa shape index (κ2) is 5.21. The third-order valence-corrected chi connectivity index (χ3v) is 4.27. The summed E-state index contributed by atoms with van der Waals surface area (Å²) in [6.45, 7) is 3.82. The number of aromatic nitrogens is 1. The van der Waals surface area contributed by atoms with Crippen LogP contribution in [0, 0.1) is 6.92 Å². The summed E-state index contributed by atoms with van der Waals surface area (Å²) in [6, 6.07) is 9.05. The van der Waals surface area contributed by atoms with Crippen LogP contribution >= 0.6 is 11.3 Å².